The second-order valence-corrected chi connectivity index (χ2v) is 4.75. The molecule has 0 aliphatic rings. The Balaban J connectivity index is 2.58. The molecule has 0 fully saturated rings. The Kier molecular flexibility index (Phi) is 3.07. The summed E-state index contributed by atoms with van der Waals surface area (Å²) in [5.74, 6) is -0.757. The van der Waals surface area contributed by atoms with Crippen molar-refractivity contribution in [1.82, 2.24) is 0 Å². The highest BCUT2D eigenvalue weighted by molar-refractivity contribution is 5.84. The lowest BCUT2D eigenvalue weighted by molar-refractivity contribution is -0.154. The number of carbonyl (C=O) groups is 1. The predicted molar refractivity (Wildman–Crippen MR) is 68.7 cm³/mol. The lowest BCUT2D eigenvalue weighted by Crippen LogP contribution is -2.25. The number of esters is 1. The molecule has 0 heterocycles. The molecule has 94 valence electrons. The van der Waals surface area contributed by atoms with Crippen LogP contribution in [0.2, 0.25) is 0 Å². The van der Waals surface area contributed by atoms with Crippen molar-refractivity contribution in [2.75, 3.05) is 0 Å². The third kappa shape index (κ3) is 2.21. The molecule has 0 amide bonds. The zero-order chi connectivity index (χ0) is 13.3. The minimum atomic E-state index is -0.972. The smallest absolute Gasteiger partial charge is 0.303 e. The van der Waals surface area contributed by atoms with E-state index in [0.29, 0.717) is 10.9 Å². The van der Waals surface area contributed by atoms with Crippen LogP contribution in [-0.4, -0.2) is 5.97 Å². The largest absolute Gasteiger partial charge is 0.455 e. The van der Waals surface area contributed by atoms with Gasteiger partial charge in [0.2, 0.25) is 0 Å². The van der Waals surface area contributed by atoms with E-state index in [1.807, 2.05) is 18.2 Å². The van der Waals surface area contributed by atoms with Crippen LogP contribution in [0, 0.1) is 5.82 Å². The van der Waals surface area contributed by atoms with Crippen molar-refractivity contribution < 1.29 is 13.9 Å². The van der Waals surface area contributed by atoms with E-state index in [1.165, 1.54) is 6.92 Å². The van der Waals surface area contributed by atoms with E-state index in [2.05, 4.69) is 0 Å². The molecule has 18 heavy (non-hydrogen) atoms. The molecule has 0 radical (unpaired) electrons. The highest BCUT2D eigenvalue weighted by Crippen LogP contribution is 2.31. The molecule has 3 heteroatoms. The van der Waals surface area contributed by atoms with Crippen molar-refractivity contribution in [3.63, 3.8) is 0 Å². The van der Waals surface area contributed by atoms with Crippen LogP contribution in [0.3, 0.4) is 0 Å². The number of benzene rings is 2. The number of rotatable bonds is 2. The van der Waals surface area contributed by atoms with Gasteiger partial charge in [0.05, 0.1) is 0 Å². The summed E-state index contributed by atoms with van der Waals surface area (Å²) in [6.45, 7) is 4.68. The van der Waals surface area contributed by atoms with Crippen LogP contribution in [0.5, 0.6) is 0 Å². The maximum absolute atomic E-state index is 14.4. The second kappa shape index (κ2) is 4.41. The Morgan fingerprint density at radius 2 is 1.83 bits per heavy atom. The van der Waals surface area contributed by atoms with Crippen molar-refractivity contribution in [3.05, 3.63) is 47.8 Å². The Hall–Kier alpha value is -1.90. The first-order valence-corrected chi connectivity index (χ1v) is 5.79. The van der Waals surface area contributed by atoms with Gasteiger partial charge in [-0.15, -0.1) is 0 Å². The molecule has 0 spiro atoms. The summed E-state index contributed by atoms with van der Waals surface area (Å²) < 4.78 is 19.6. The van der Waals surface area contributed by atoms with Gasteiger partial charge < -0.3 is 4.74 Å². The lowest BCUT2D eigenvalue weighted by Gasteiger charge is -2.25. The van der Waals surface area contributed by atoms with Gasteiger partial charge in [-0.3, -0.25) is 4.79 Å². The molecule has 0 N–H and O–H groups in total. The van der Waals surface area contributed by atoms with Crippen molar-refractivity contribution in [1.29, 1.82) is 0 Å². The molecule has 2 nitrogen and oxygen atoms in total. The normalized spacial score (nSPS) is 11.6. The average Bonchev–Trinajstić information content (AvgIpc) is 2.27. The summed E-state index contributed by atoms with van der Waals surface area (Å²) >= 11 is 0. The molecule has 0 saturated carbocycles. The fourth-order valence-electron chi connectivity index (χ4n) is 2.11. The van der Waals surface area contributed by atoms with Crippen LogP contribution in [0.25, 0.3) is 10.8 Å². The van der Waals surface area contributed by atoms with Gasteiger partial charge in [0.15, 0.2) is 0 Å². The van der Waals surface area contributed by atoms with E-state index < -0.39 is 11.6 Å². The maximum Gasteiger partial charge on any atom is 0.303 e. The third-order valence-corrected chi connectivity index (χ3v) is 2.91. The van der Waals surface area contributed by atoms with Gasteiger partial charge in [0, 0.05) is 17.9 Å². The summed E-state index contributed by atoms with van der Waals surface area (Å²) in [6.07, 6.45) is 0. The Morgan fingerprint density at radius 3 is 2.50 bits per heavy atom. The molecule has 0 unspecified atom stereocenters. The SMILES string of the molecule is CC(=O)OC(C)(C)c1ccc2ccccc2c1F. The maximum atomic E-state index is 14.4. The van der Waals surface area contributed by atoms with Gasteiger partial charge in [-0.05, 0) is 19.2 Å². The number of carbonyl (C=O) groups excluding carboxylic acids is 1. The van der Waals surface area contributed by atoms with Crippen molar-refractivity contribution in [3.8, 4) is 0 Å². The summed E-state index contributed by atoms with van der Waals surface area (Å²) in [6, 6.07) is 10.7. The first-order valence-electron chi connectivity index (χ1n) is 5.79. The van der Waals surface area contributed by atoms with Crippen LogP contribution in [0.4, 0.5) is 4.39 Å². The van der Waals surface area contributed by atoms with E-state index in [1.54, 1.807) is 32.0 Å². The van der Waals surface area contributed by atoms with E-state index >= 15 is 0 Å². The summed E-state index contributed by atoms with van der Waals surface area (Å²) in [7, 11) is 0. The summed E-state index contributed by atoms with van der Waals surface area (Å²) in [4.78, 5) is 11.1. The fourth-order valence-corrected chi connectivity index (χ4v) is 2.11. The Labute approximate surface area is 105 Å². The lowest BCUT2D eigenvalue weighted by atomic mass is 9.94. The molecular weight excluding hydrogens is 231 g/mol. The molecule has 0 bridgehead atoms. The zero-order valence-electron chi connectivity index (χ0n) is 10.7. The first-order chi connectivity index (χ1) is 8.42. The Morgan fingerprint density at radius 1 is 1.17 bits per heavy atom. The van der Waals surface area contributed by atoms with Crippen LogP contribution >= 0.6 is 0 Å². The highest BCUT2D eigenvalue weighted by Gasteiger charge is 2.28. The van der Waals surface area contributed by atoms with Gasteiger partial charge >= 0.3 is 5.97 Å². The minimum absolute atomic E-state index is 0.334. The summed E-state index contributed by atoms with van der Waals surface area (Å²) in [5, 5.41) is 1.37. The van der Waals surface area contributed by atoms with E-state index in [9.17, 15) is 9.18 Å². The average molecular weight is 246 g/mol. The number of fused-ring (bicyclic) bond motifs is 1. The first kappa shape index (κ1) is 12.6. The van der Waals surface area contributed by atoms with Gasteiger partial charge in [-0.25, -0.2) is 4.39 Å². The molecule has 2 aromatic carbocycles. The molecule has 0 atom stereocenters. The number of ether oxygens (including phenoxy) is 1. The van der Waals surface area contributed by atoms with Crippen LogP contribution in [0.15, 0.2) is 36.4 Å². The van der Waals surface area contributed by atoms with Gasteiger partial charge in [0.25, 0.3) is 0 Å². The van der Waals surface area contributed by atoms with E-state index in [0.717, 1.165) is 5.39 Å². The molecule has 0 aliphatic heterocycles. The standard InChI is InChI=1S/C15H15FO2/c1-10(17)18-15(2,3)13-9-8-11-6-4-5-7-12(11)14(13)16/h4-9H,1-3H3. The molecule has 0 saturated heterocycles. The van der Waals surface area contributed by atoms with Gasteiger partial charge in [-0.2, -0.15) is 0 Å². The van der Waals surface area contributed by atoms with Crippen molar-refractivity contribution >= 4 is 16.7 Å². The molecule has 2 aromatic rings. The second-order valence-electron chi connectivity index (χ2n) is 4.75. The molecule has 0 aliphatic carbocycles. The van der Waals surface area contributed by atoms with Gasteiger partial charge in [0.1, 0.15) is 11.4 Å². The Bertz CT molecular complexity index is 602. The molecular formula is C15H15FO2. The summed E-state index contributed by atoms with van der Waals surface area (Å²) in [5.41, 5.74) is -0.587. The van der Waals surface area contributed by atoms with Crippen molar-refractivity contribution in [2.24, 2.45) is 0 Å². The number of halogens is 1. The highest BCUT2D eigenvalue weighted by atomic mass is 19.1. The fraction of sp³-hybridized carbons (Fsp3) is 0.267. The number of hydrogen-bond acceptors (Lipinski definition) is 2. The predicted octanol–water partition coefficient (Wildman–Crippen LogP) is 3.78. The van der Waals surface area contributed by atoms with E-state index in [-0.39, 0.29) is 5.82 Å². The topological polar surface area (TPSA) is 26.3 Å². The number of hydrogen-bond donors (Lipinski definition) is 0. The quantitative estimate of drug-likeness (QED) is 0.754. The third-order valence-electron chi connectivity index (χ3n) is 2.91. The van der Waals surface area contributed by atoms with Crippen LogP contribution in [-0.2, 0) is 15.1 Å². The zero-order valence-corrected chi connectivity index (χ0v) is 10.7. The molecule has 0 aromatic heterocycles. The monoisotopic (exact) mass is 246 g/mol. The van der Waals surface area contributed by atoms with Crippen LogP contribution in [0.1, 0.15) is 26.3 Å². The minimum Gasteiger partial charge on any atom is -0.455 e. The van der Waals surface area contributed by atoms with E-state index in [4.69, 9.17) is 4.74 Å². The van der Waals surface area contributed by atoms with Crippen molar-refractivity contribution in [2.45, 2.75) is 26.4 Å². The van der Waals surface area contributed by atoms with Gasteiger partial charge in [-0.1, -0.05) is 36.4 Å². The molecule has 2 rings (SSSR count). The van der Waals surface area contributed by atoms with Crippen LogP contribution < -0.4 is 0 Å².